The van der Waals surface area contributed by atoms with Gasteiger partial charge >= 0.3 is 0 Å². The van der Waals surface area contributed by atoms with Crippen molar-refractivity contribution in [1.82, 2.24) is 5.43 Å². The van der Waals surface area contributed by atoms with Crippen LogP contribution < -0.4 is 11.3 Å². The van der Waals surface area contributed by atoms with Gasteiger partial charge in [-0.2, -0.15) is 0 Å². The Balaban J connectivity index is 2.48. The fourth-order valence-electron chi connectivity index (χ4n) is 1.66. The van der Waals surface area contributed by atoms with Crippen molar-refractivity contribution in [2.75, 3.05) is 0 Å². The van der Waals surface area contributed by atoms with Gasteiger partial charge in [-0.1, -0.05) is 41.4 Å². The highest BCUT2D eigenvalue weighted by Crippen LogP contribution is 2.37. The standard InChI is InChI=1S/C12H12Cl2N2S/c1-7-6-17-12(10(7)14)11(16-15)8-4-2-3-5-9(8)13/h2-6,11,16H,15H2,1H3. The van der Waals surface area contributed by atoms with Crippen molar-refractivity contribution >= 4 is 34.5 Å². The van der Waals surface area contributed by atoms with E-state index in [1.54, 1.807) is 11.3 Å². The van der Waals surface area contributed by atoms with E-state index in [4.69, 9.17) is 29.0 Å². The maximum absolute atomic E-state index is 6.26. The number of halogens is 2. The first-order valence-corrected chi connectivity index (χ1v) is 6.72. The molecule has 0 radical (unpaired) electrons. The van der Waals surface area contributed by atoms with Crippen molar-refractivity contribution in [3.05, 3.63) is 55.7 Å². The fourth-order valence-corrected chi connectivity index (χ4v) is 3.28. The van der Waals surface area contributed by atoms with Crippen LogP contribution in [-0.2, 0) is 0 Å². The van der Waals surface area contributed by atoms with Gasteiger partial charge in [-0.3, -0.25) is 5.84 Å². The molecule has 1 aromatic carbocycles. The van der Waals surface area contributed by atoms with Crippen LogP contribution in [0, 0.1) is 6.92 Å². The smallest absolute Gasteiger partial charge is 0.0831 e. The molecule has 3 N–H and O–H groups in total. The van der Waals surface area contributed by atoms with E-state index in [-0.39, 0.29) is 6.04 Å². The molecular weight excluding hydrogens is 275 g/mol. The SMILES string of the molecule is Cc1csc(C(NN)c2ccccc2Cl)c1Cl. The van der Waals surface area contributed by atoms with E-state index in [0.29, 0.717) is 5.02 Å². The molecular formula is C12H12Cl2N2S. The number of hydrazine groups is 1. The Hall–Kier alpha value is -0.580. The minimum Gasteiger partial charge on any atom is -0.271 e. The molecule has 0 aliphatic carbocycles. The van der Waals surface area contributed by atoms with Crippen LogP contribution in [0.25, 0.3) is 0 Å². The van der Waals surface area contributed by atoms with Crippen molar-refractivity contribution < 1.29 is 0 Å². The van der Waals surface area contributed by atoms with Crippen molar-refractivity contribution in [2.24, 2.45) is 5.84 Å². The van der Waals surface area contributed by atoms with Gasteiger partial charge in [0, 0.05) is 9.90 Å². The highest BCUT2D eigenvalue weighted by molar-refractivity contribution is 7.10. The Morgan fingerprint density at radius 3 is 2.53 bits per heavy atom. The van der Waals surface area contributed by atoms with E-state index in [1.165, 1.54) is 0 Å². The monoisotopic (exact) mass is 286 g/mol. The molecule has 1 atom stereocenters. The largest absolute Gasteiger partial charge is 0.271 e. The van der Waals surface area contributed by atoms with Gasteiger partial charge in [0.05, 0.1) is 11.1 Å². The Kier molecular flexibility index (Phi) is 4.07. The number of benzene rings is 1. The number of hydrogen-bond donors (Lipinski definition) is 2. The summed E-state index contributed by atoms with van der Waals surface area (Å²) in [6, 6.07) is 7.43. The van der Waals surface area contributed by atoms with E-state index in [9.17, 15) is 0 Å². The normalized spacial score (nSPS) is 12.7. The van der Waals surface area contributed by atoms with Crippen LogP contribution >= 0.6 is 34.5 Å². The second-order valence-electron chi connectivity index (χ2n) is 3.72. The van der Waals surface area contributed by atoms with Gasteiger partial charge in [0.15, 0.2) is 0 Å². The molecule has 1 heterocycles. The summed E-state index contributed by atoms with van der Waals surface area (Å²) >= 11 is 14.0. The van der Waals surface area contributed by atoms with Gasteiger partial charge < -0.3 is 0 Å². The number of nitrogens with two attached hydrogens (primary N) is 1. The van der Waals surface area contributed by atoms with E-state index in [2.05, 4.69) is 5.43 Å². The number of rotatable bonds is 3. The minimum atomic E-state index is -0.171. The third-order valence-electron chi connectivity index (χ3n) is 2.57. The first kappa shape index (κ1) is 12.9. The number of hydrogen-bond acceptors (Lipinski definition) is 3. The molecule has 90 valence electrons. The Bertz CT molecular complexity index is 525. The number of nitrogens with one attached hydrogen (secondary N) is 1. The van der Waals surface area contributed by atoms with Gasteiger partial charge in [0.2, 0.25) is 0 Å². The van der Waals surface area contributed by atoms with Crippen molar-refractivity contribution in [3.8, 4) is 0 Å². The third kappa shape index (κ3) is 2.49. The molecule has 2 nitrogen and oxygen atoms in total. The van der Waals surface area contributed by atoms with Crippen LogP contribution in [-0.4, -0.2) is 0 Å². The number of thiophene rings is 1. The van der Waals surface area contributed by atoms with Gasteiger partial charge in [0.25, 0.3) is 0 Å². The Morgan fingerprint density at radius 2 is 2.00 bits per heavy atom. The van der Waals surface area contributed by atoms with Crippen LogP contribution in [0.15, 0.2) is 29.6 Å². The summed E-state index contributed by atoms with van der Waals surface area (Å²) in [6.07, 6.45) is 0. The molecule has 1 aromatic heterocycles. The van der Waals surface area contributed by atoms with Gasteiger partial charge in [-0.15, -0.1) is 11.3 Å². The van der Waals surface area contributed by atoms with Crippen LogP contribution in [0.3, 0.4) is 0 Å². The summed E-state index contributed by atoms with van der Waals surface area (Å²) in [5.74, 6) is 5.62. The minimum absolute atomic E-state index is 0.171. The van der Waals surface area contributed by atoms with E-state index in [0.717, 1.165) is 21.0 Å². The molecule has 5 heteroatoms. The predicted octanol–water partition coefficient (Wildman–Crippen LogP) is 3.92. The zero-order valence-electron chi connectivity index (χ0n) is 9.21. The summed E-state index contributed by atoms with van der Waals surface area (Å²) in [5, 5.41) is 3.44. The second-order valence-corrected chi connectivity index (χ2v) is 5.41. The average molecular weight is 287 g/mol. The highest BCUT2D eigenvalue weighted by Gasteiger charge is 2.20. The van der Waals surface area contributed by atoms with Crippen molar-refractivity contribution in [1.29, 1.82) is 0 Å². The van der Waals surface area contributed by atoms with Gasteiger partial charge in [-0.25, -0.2) is 5.43 Å². The summed E-state index contributed by atoms with van der Waals surface area (Å²) in [7, 11) is 0. The molecule has 0 aliphatic rings. The lowest BCUT2D eigenvalue weighted by Crippen LogP contribution is -2.28. The molecule has 17 heavy (non-hydrogen) atoms. The van der Waals surface area contributed by atoms with Crippen LogP contribution in [0.2, 0.25) is 10.0 Å². The summed E-state index contributed by atoms with van der Waals surface area (Å²) in [6.45, 7) is 1.97. The topological polar surface area (TPSA) is 38.0 Å². The fraction of sp³-hybridized carbons (Fsp3) is 0.167. The predicted molar refractivity (Wildman–Crippen MR) is 74.7 cm³/mol. The second kappa shape index (κ2) is 5.38. The Labute approximate surface area is 114 Å². The first-order chi connectivity index (χ1) is 8.15. The molecule has 0 saturated carbocycles. The number of aryl methyl sites for hydroxylation is 1. The van der Waals surface area contributed by atoms with E-state index in [1.807, 2.05) is 36.6 Å². The molecule has 0 fully saturated rings. The lowest BCUT2D eigenvalue weighted by atomic mass is 10.1. The molecule has 0 bridgehead atoms. The molecule has 2 aromatic rings. The van der Waals surface area contributed by atoms with Crippen LogP contribution in [0.4, 0.5) is 0 Å². The summed E-state index contributed by atoms with van der Waals surface area (Å²) < 4.78 is 0. The zero-order chi connectivity index (χ0) is 12.4. The maximum atomic E-state index is 6.26. The van der Waals surface area contributed by atoms with Crippen molar-refractivity contribution in [3.63, 3.8) is 0 Å². The van der Waals surface area contributed by atoms with Crippen molar-refractivity contribution in [2.45, 2.75) is 13.0 Å². The molecule has 0 saturated heterocycles. The third-order valence-corrected chi connectivity index (χ3v) is 4.69. The first-order valence-electron chi connectivity index (χ1n) is 5.09. The quantitative estimate of drug-likeness (QED) is 0.663. The maximum Gasteiger partial charge on any atom is 0.0831 e. The molecule has 1 unspecified atom stereocenters. The van der Waals surface area contributed by atoms with E-state index >= 15 is 0 Å². The lowest BCUT2D eigenvalue weighted by molar-refractivity contribution is 0.646. The van der Waals surface area contributed by atoms with Gasteiger partial charge in [-0.05, 0) is 29.5 Å². The average Bonchev–Trinajstić information content (AvgIpc) is 2.65. The van der Waals surface area contributed by atoms with Gasteiger partial charge in [0.1, 0.15) is 0 Å². The Morgan fingerprint density at radius 1 is 1.29 bits per heavy atom. The lowest BCUT2D eigenvalue weighted by Gasteiger charge is -2.16. The summed E-state index contributed by atoms with van der Waals surface area (Å²) in [4.78, 5) is 0.986. The molecule has 2 rings (SSSR count). The van der Waals surface area contributed by atoms with E-state index < -0.39 is 0 Å². The van der Waals surface area contributed by atoms with Crippen LogP contribution in [0.5, 0.6) is 0 Å². The zero-order valence-corrected chi connectivity index (χ0v) is 11.5. The molecule has 0 amide bonds. The molecule has 0 spiro atoms. The molecule has 0 aliphatic heterocycles. The highest BCUT2D eigenvalue weighted by atomic mass is 35.5. The summed E-state index contributed by atoms with van der Waals surface area (Å²) in [5.41, 5.74) is 4.76. The van der Waals surface area contributed by atoms with Crippen LogP contribution in [0.1, 0.15) is 22.0 Å².